The van der Waals surface area contributed by atoms with Crippen molar-refractivity contribution in [1.29, 1.82) is 0 Å². The van der Waals surface area contributed by atoms with Crippen LogP contribution in [0.25, 0.3) is 0 Å². The zero-order valence-electron chi connectivity index (χ0n) is 10.6. The fourth-order valence-electron chi connectivity index (χ4n) is 1.51. The Morgan fingerprint density at radius 3 is 2.67 bits per heavy atom. The zero-order chi connectivity index (χ0) is 12.8. The quantitative estimate of drug-likeness (QED) is 0.839. The number of hydrogen-bond acceptors (Lipinski definition) is 6. The molecule has 2 heterocycles. The molecule has 0 spiro atoms. The molecule has 0 aliphatic heterocycles. The summed E-state index contributed by atoms with van der Waals surface area (Å²) < 4.78 is 0. The van der Waals surface area contributed by atoms with E-state index in [4.69, 9.17) is 0 Å². The summed E-state index contributed by atoms with van der Waals surface area (Å²) in [7, 11) is 0. The molecule has 0 radical (unpaired) electrons. The third kappa shape index (κ3) is 3.66. The normalized spacial score (nSPS) is 10.3. The Bertz CT molecular complexity index is 483. The molecule has 0 saturated carbocycles. The highest BCUT2D eigenvalue weighted by Crippen LogP contribution is 2.13. The van der Waals surface area contributed by atoms with Gasteiger partial charge in [0, 0.05) is 23.7 Å². The van der Waals surface area contributed by atoms with Crippen molar-refractivity contribution in [1.82, 2.24) is 15.0 Å². The molecular formula is C12H17N5S. The van der Waals surface area contributed by atoms with Gasteiger partial charge in [-0.3, -0.25) is 4.98 Å². The fraction of sp³-hybridized carbons (Fsp3) is 0.417. The van der Waals surface area contributed by atoms with Gasteiger partial charge in [-0.05, 0) is 13.3 Å². The van der Waals surface area contributed by atoms with Crippen molar-refractivity contribution in [2.45, 2.75) is 26.8 Å². The van der Waals surface area contributed by atoms with Crippen LogP contribution in [0.4, 0.5) is 11.6 Å². The van der Waals surface area contributed by atoms with Gasteiger partial charge in [0.05, 0.1) is 12.1 Å². The van der Waals surface area contributed by atoms with Crippen LogP contribution < -0.4 is 10.6 Å². The summed E-state index contributed by atoms with van der Waals surface area (Å²) >= 11 is 1.63. The molecule has 0 atom stereocenters. The van der Waals surface area contributed by atoms with Gasteiger partial charge in [-0.2, -0.15) is 0 Å². The van der Waals surface area contributed by atoms with Crippen molar-refractivity contribution >= 4 is 23.0 Å². The molecule has 6 heteroatoms. The van der Waals surface area contributed by atoms with Crippen molar-refractivity contribution in [2.24, 2.45) is 0 Å². The Labute approximate surface area is 111 Å². The molecule has 2 aromatic rings. The SMILES string of the molecule is CCCNc1cc(NCc2cncs2)nc(C)n1. The first-order valence-electron chi connectivity index (χ1n) is 5.98. The molecule has 0 bridgehead atoms. The van der Waals surface area contributed by atoms with Crippen LogP contribution in [-0.2, 0) is 6.54 Å². The smallest absolute Gasteiger partial charge is 0.132 e. The highest BCUT2D eigenvalue weighted by molar-refractivity contribution is 7.09. The number of nitrogens with one attached hydrogen (secondary N) is 2. The minimum absolute atomic E-state index is 0.744. The van der Waals surface area contributed by atoms with Crippen molar-refractivity contribution in [3.8, 4) is 0 Å². The second-order valence-corrected chi connectivity index (χ2v) is 4.90. The molecular weight excluding hydrogens is 246 g/mol. The molecule has 2 aromatic heterocycles. The van der Waals surface area contributed by atoms with E-state index >= 15 is 0 Å². The molecule has 0 aromatic carbocycles. The fourth-order valence-corrected chi connectivity index (χ4v) is 2.04. The van der Waals surface area contributed by atoms with Crippen molar-refractivity contribution in [3.05, 3.63) is 28.5 Å². The largest absolute Gasteiger partial charge is 0.370 e. The van der Waals surface area contributed by atoms with Crippen LogP contribution >= 0.6 is 11.3 Å². The van der Waals surface area contributed by atoms with Crippen LogP contribution in [0.2, 0.25) is 0 Å². The van der Waals surface area contributed by atoms with E-state index in [2.05, 4.69) is 32.5 Å². The summed E-state index contributed by atoms with van der Waals surface area (Å²) in [5.74, 6) is 2.48. The lowest BCUT2D eigenvalue weighted by Gasteiger charge is -2.08. The van der Waals surface area contributed by atoms with Gasteiger partial charge < -0.3 is 10.6 Å². The molecule has 2 rings (SSSR count). The summed E-state index contributed by atoms with van der Waals surface area (Å²) in [4.78, 5) is 13.9. The van der Waals surface area contributed by atoms with E-state index in [0.29, 0.717) is 0 Å². The number of aromatic nitrogens is 3. The Morgan fingerprint density at radius 2 is 2.00 bits per heavy atom. The molecule has 96 valence electrons. The third-order valence-electron chi connectivity index (χ3n) is 2.32. The Morgan fingerprint density at radius 1 is 1.22 bits per heavy atom. The Balaban J connectivity index is 2.00. The van der Waals surface area contributed by atoms with Crippen LogP contribution in [0.3, 0.4) is 0 Å². The highest BCUT2D eigenvalue weighted by Gasteiger charge is 2.02. The van der Waals surface area contributed by atoms with Gasteiger partial charge in [-0.15, -0.1) is 11.3 Å². The van der Waals surface area contributed by atoms with Crippen LogP contribution in [0.5, 0.6) is 0 Å². The van der Waals surface area contributed by atoms with E-state index in [-0.39, 0.29) is 0 Å². The van der Waals surface area contributed by atoms with Crippen LogP contribution in [0.1, 0.15) is 24.0 Å². The number of nitrogens with zero attached hydrogens (tertiary/aromatic N) is 3. The first-order chi connectivity index (χ1) is 8.78. The standard InChI is InChI=1S/C12H17N5S/c1-3-4-14-11-5-12(17-9(2)16-11)15-7-10-6-13-8-18-10/h5-6,8H,3-4,7H2,1-2H3,(H2,14,15,16,17). The van der Waals surface area contributed by atoms with E-state index in [1.807, 2.05) is 24.7 Å². The molecule has 0 aliphatic carbocycles. The summed E-state index contributed by atoms with van der Waals surface area (Å²) in [5.41, 5.74) is 1.83. The predicted octanol–water partition coefficient (Wildman–Crippen LogP) is 2.68. The average molecular weight is 263 g/mol. The Kier molecular flexibility index (Phi) is 4.46. The van der Waals surface area contributed by atoms with Crippen LogP contribution in [0.15, 0.2) is 17.8 Å². The molecule has 0 saturated heterocycles. The zero-order valence-corrected chi connectivity index (χ0v) is 11.4. The van der Waals surface area contributed by atoms with Crippen LogP contribution in [0, 0.1) is 6.92 Å². The maximum Gasteiger partial charge on any atom is 0.132 e. The van der Waals surface area contributed by atoms with Crippen LogP contribution in [-0.4, -0.2) is 21.5 Å². The number of rotatable bonds is 6. The van der Waals surface area contributed by atoms with Gasteiger partial charge >= 0.3 is 0 Å². The first-order valence-corrected chi connectivity index (χ1v) is 6.86. The molecule has 0 fully saturated rings. The van der Waals surface area contributed by atoms with E-state index in [1.165, 1.54) is 4.88 Å². The molecule has 18 heavy (non-hydrogen) atoms. The van der Waals surface area contributed by atoms with Gasteiger partial charge in [-0.25, -0.2) is 9.97 Å². The number of anilines is 2. The predicted molar refractivity (Wildman–Crippen MR) is 75.0 cm³/mol. The lowest BCUT2D eigenvalue weighted by molar-refractivity contribution is 0.951. The first kappa shape index (κ1) is 12.8. The molecule has 2 N–H and O–H groups in total. The number of aryl methyl sites for hydroxylation is 1. The van der Waals surface area contributed by atoms with Crippen molar-refractivity contribution in [3.63, 3.8) is 0 Å². The maximum atomic E-state index is 4.36. The topological polar surface area (TPSA) is 62.7 Å². The van der Waals surface area contributed by atoms with E-state index in [9.17, 15) is 0 Å². The lowest BCUT2D eigenvalue weighted by atomic mass is 10.4. The molecule has 0 unspecified atom stereocenters. The highest BCUT2D eigenvalue weighted by atomic mass is 32.1. The minimum Gasteiger partial charge on any atom is -0.370 e. The van der Waals surface area contributed by atoms with E-state index < -0.39 is 0 Å². The van der Waals surface area contributed by atoms with Gasteiger partial charge in [-0.1, -0.05) is 6.92 Å². The lowest BCUT2D eigenvalue weighted by Crippen LogP contribution is -2.07. The molecule has 0 aliphatic rings. The Hall–Kier alpha value is -1.69. The third-order valence-corrected chi connectivity index (χ3v) is 3.10. The van der Waals surface area contributed by atoms with Gasteiger partial charge in [0.15, 0.2) is 0 Å². The summed E-state index contributed by atoms with van der Waals surface area (Å²) in [5, 5.41) is 6.55. The van der Waals surface area contributed by atoms with E-state index in [1.54, 1.807) is 11.3 Å². The van der Waals surface area contributed by atoms with Crippen molar-refractivity contribution in [2.75, 3.05) is 17.2 Å². The second kappa shape index (κ2) is 6.30. The number of hydrogen-bond donors (Lipinski definition) is 2. The van der Waals surface area contributed by atoms with E-state index in [0.717, 1.165) is 37.0 Å². The minimum atomic E-state index is 0.744. The number of thiazole rings is 1. The van der Waals surface area contributed by atoms with Gasteiger partial charge in [0.2, 0.25) is 0 Å². The summed E-state index contributed by atoms with van der Waals surface area (Å²) in [6.07, 6.45) is 2.94. The molecule has 5 nitrogen and oxygen atoms in total. The maximum absolute atomic E-state index is 4.36. The van der Waals surface area contributed by atoms with Crippen molar-refractivity contribution < 1.29 is 0 Å². The van der Waals surface area contributed by atoms with Gasteiger partial charge in [0.1, 0.15) is 17.5 Å². The second-order valence-electron chi connectivity index (χ2n) is 3.93. The average Bonchev–Trinajstić information content (AvgIpc) is 2.86. The molecule has 0 amide bonds. The van der Waals surface area contributed by atoms with Gasteiger partial charge in [0.25, 0.3) is 0 Å². The monoisotopic (exact) mass is 263 g/mol. The summed E-state index contributed by atoms with van der Waals surface area (Å²) in [6, 6.07) is 1.93. The summed E-state index contributed by atoms with van der Waals surface area (Å²) in [6.45, 7) is 5.69.